The third-order valence-electron chi connectivity index (χ3n) is 4.14. The number of nitrogens with one attached hydrogen (secondary N) is 2. The van der Waals surface area contributed by atoms with Crippen LogP contribution in [0.3, 0.4) is 0 Å². The lowest BCUT2D eigenvalue weighted by atomic mass is 10.2. The van der Waals surface area contributed by atoms with E-state index in [1.807, 2.05) is 0 Å². The molecule has 28 heavy (non-hydrogen) atoms. The molecule has 2 N–H and O–H groups in total. The molecule has 1 aromatic heterocycles. The minimum absolute atomic E-state index is 0.127. The van der Waals surface area contributed by atoms with Crippen molar-refractivity contribution in [3.05, 3.63) is 60.4 Å². The zero-order chi connectivity index (χ0) is 19.3. The molecule has 1 saturated carbocycles. The van der Waals surface area contributed by atoms with Crippen LogP contribution >= 0.6 is 0 Å². The molecule has 3 aromatic rings. The fraction of sp³-hybridized carbons (Fsp3) is 0.211. The number of carbonyl (C=O) groups is 2. The maximum Gasteiger partial charge on any atom is 0.262 e. The summed E-state index contributed by atoms with van der Waals surface area (Å²) in [6.45, 7) is -0.150. The Balaban J connectivity index is 1.30. The highest BCUT2D eigenvalue weighted by Gasteiger charge is 2.23. The Morgan fingerprint density at radius 3 is 2.68 bits per heavy atom. The minimum atomic E-state index is -0.315. The highest BCUT2D eigenvalue weighted by atomic mass is 16.5. The van der Waals surface area contributed by atoms with E-state index in [0.717, 1.165) is 18.5 Å². The predicted octanol–water partition coefficient (Wildman–Crippen LogP) is 1.57. The van der Waals surface area contributed by atoms with E-state index < -0.39 is 0 Å². The molecule has 4 rings (SSSR count). The van der Waals surface area contributed by atoms with Gasteiger partial charge >= 0.3 is 0 Å². The molecule has 0 saturated heterocycles. The molecule has 0 atom stereocenters. The molecule has 0 radical (unpaired) electrons. The zero-order valence-electron chi connectivity index (χ0n) is 14.9. The van der Waals surface area contributed by atoms with Gasteiger partial charge in [-0.15, -0.1) is 5.10 Å². The molecule has 2 aromatic carbocycles. The summed E-state index contributed by atoms with van der Waals surface area (Å²) in [6.07, 6.45) is 3.54. The molecule has 1 aliphatic carbocycles. The number of tetrazole rings is 1. The Morgan fingerprint density at radius 1 is 1.14 bits per heavy atom. The molecule has 142 valence electrons. The van der Waals surface area contributed by atoms with Crippen LogP contribution in [0.1, 0.15) is 23.2 Å². The summed E-state index contributed by atoms with van der Waals surface area (Å²) < 4.78 is 7.02. The monoisotopic (exact) mass is 378 g/mol. The van der Waals surface area contributed by atoms with Crippen LogP contribution in [0.25, 0.3) is 5.69 Å². The van der Waals surface area contributed by atoms with Gasteiger partial charge in [-0.25, -0.2) is 4.68 Å². The number of hydrogen-bond donors (Lipinski definition) is 2. The molecule has 9 heteroatoms. The Morgan fingerprint density at radius 2 is 1.96 bits per heavy atom. The normalized spacial score (nSPS) is 13.0. The number of nitrogens with zero attached hydrogens (tertiary/aromatic N) is 4. The quantitative estimate of drug-likeness (QED) is 0.646. The SMILES string of the molecule is O=C(COc1ccc(-n2cnnn2)cc1)Nc1cccc(C(=O)NC2CC2)c1. The summed E-state index contributed by atoms with van der Waals surface area (Å²) in [6, 6.07) is 14.1. The number of ether oxygens (including phenoxy) is 1. The van der Waals surface area contributed by atoms with Gasteiger partial charge in [-0.3, -0.25) is 9.59 Å². The Labute approximate surface area is 160 Å². The first-order valence-electron chi connectivity index (χ1n) is 8.84. The molecule has 0 aliphatic heterocycles. The fourth-order valence-corrected chi connectivity index (χ4v) is 2.56. The summed E-state index contributed by atoms with van der Waals surface area (Å²) in [5.41, 5.74) is 1.85. The van der Waals surface area contributed by atoms with Crippen LogP contribution in [0.5, 0.6) is 5.75 Å². The van der Waals surface area contributed by atoms with Crippen molar-refractivity contribution in [2.24, 2.45) is 0 Å². The fourth-order valence-electron chi connectivity index (χ4n) is 2.56. The first-order valence-corrected chi connectivity index (χ1v) is 8.84. The van der Waals surface area contributed by atoms with Crippen molar-refractivity contribution >= 4 is 17.5 Å². The molecular formula is C19H18N6O3. The molecular weight excluding hydrogens is 360 g/mol. The first-order chi connectivity index (χ1) is 13.7. The summed E-state index contributed by atoms with van der Waals surface area (Å²) in [4.78, 5) is 24.2. The zero-order valence-corrected chi connectivity index (χ0v) is 14.9. The average Bonchev–Trinajstić information content (AvgIpc) is 3.35. The molecule has 2 amide bonds. The van der Waals surface area contributed by atoms with Crippen molar-refractivity contribution in [1.29, 1.82) is 0 Å². The second kappa shape index (κ2) is 7.87. The first kappa shape index (κ1) is 17.7. The van der Waals surface area contributed by atoms with Gasteiger partial charge in [0, 0.05) is 17.3 Å². The minimum Gasteiger partial charge on any atom is -0.484 e. The van der Waals surface area contributed by atoms with E-state index in [4.69, 9.17) is 4.74 Å². The van der Waals surface area contributed by atoms with Gasteiger partial charge in [0.15, 0.2) is 6.61 Å². The van der Waals surface area contributed by atoms with Crippen molar-refractivity contribution in [2.75, 3.05) is 11.9 Å². The lowest BCUT2D eigenvalue weighted by molar-refractivity contribution is -0.118. The van der Waals surface area contributed by atoms with Gasteiger partial charge in [0.05, 0.1) is 5.69 Å². The van der Waals surface area contributed by atoms with Crippen LogP contribution in [0.15, 0.2) is 54.9 Å². The van der Waals surface area contributed by atoms with Gasteiger partial charge in [0.1, 0.15) is 12.1 Å². The van der Waals surface area contributed by atoms with Gasteiger partial charge < -0.3 is 15.4 Å². The summed E-state index contributed by atoms with van der Waals surface area (Å²) in [5, 5.41) is 16.6. The van der Waals surface area contributed by atoms with Crippen LogP contribution < -0.4 is 15.4 Å². The lowest BCUT2D eigenvalue weighted by Crippen LogP contribution is -2.25. The third-order valence-corrected chi connectivity index (χ3v) is 4.14. The number of benzene rings is 2. The number of anilines is 1. The van der Waals surface area contributed by atoms with Gasteiger partial charge in [0.25, 0.3) is 11.8 Å². The number of hydrogen-bond acceptors (Lipinski definition) is 6. The molecule has 0 bridgehead atoms. The molecule has 9 nitrogen and oxygen atoms in total. The van der Waals surface area contributed by atoms with E-state index in [2.05, 4.69) is 26.2 Å². The predicted molar refractivity (Wildman–Crippen MR) is 100 cm³/mol. The molecule has 1 fully saturated rings. The molecule has 1 aliphatic rings. The van der Waals surface area contributed by atoms with Crippen molar-refractivity contribution < 1.29 is 14.3 Å². The average molecular weight is 378 g/mol. The lowest BCUT2D eigenvalue weighted by Gasteiger charge is -2.09. The number of aromatic nitrogens is 4. The van der Waals surface area contributed by atoms with E-state index in [-0.39, 0.29) is 24.5 Å². The Bertz CT molecular complexity index is 968. The second-order valence-corrected chi connectivity index (χ2v) is 6.41. The molecule has 0 spiro atoms. The van der Waals surface area contributed by atoms with Gasteiger partial charge in [-0.05, 0) is 65.7 Å². The van der Waals surface area contributed by atoms with Gasteiger partial charge in [-0.1, -0.05) is 6.07 Å². The van der Waals surface area contributed by atoms with Crippen LogP contribution in [-0.4, -0.2) is 44.7 Å². The maximum absolute atomic E-state index is 12.1. The summed E-state index contributed by atoms with van der Waals surface area (Å²) in [5.74, 6) is 0.103. The van der Waals surface area contributed by atoms with E-state index in [1.54, 1.807) is 48.5 Å². The molecule has 0 unspecified atom stereocenters. The second-order valence-electron chi connectivity index (χ2n) is 6.41. The van der Waals surface area contributed by atoms with Crippen molar-refractivity contribution in [2.45, 2.75) is 18.9 Å². The maximum atomic E-state index is 12.1. The largest absolute Gasteiger partial charge is 0.484 e. The van der Waals surface area contributed by atoms with Crippen molar-refractivity contribution in [3.63, 3.8) is 0 Å². The van der Waals surface area contributed by atoms with Gasteiger partial charge in [0.2, 0.25) is 0 Å². The van der Waals surface area contributed by atoms with Crippen LogP contribution in [0.4, 0.5) is 5.69 Å². The van der Waals surface area contributed by atoms with Crippen molar-refractivity contribution in [1.82, 2.24) is 25.5 Å². The number of rotatable bonds is 7. The van der Waals surface area contributed by atoms with Crippen LogP contribution in [-0.2, 0) is 4.79 Å². The number of carbonyl (C=O) groups excluding carboxylic acids is 2. The number of amides is 2. The Kier molecular flexibility index (Phi) is 4.96. The summed E-state index contributed by atoms with van der Waals surface area (Å²) >= 11 is 0. The smallest absolute Gasteiger partial charge is 0.262 e. The van der Waals surface area contributed by atoms with Crippen molar-refractivity contribution in [3.8, 4) is 11.4 Å². The van der Waals surface area contributed by atoms with E-state index in [1.165, 1.54) is 11.0 Å². The highest BCUT2D eigenvalue weighted by molar-refractivity contribution is 5.97. The summed E-state index contributed by atoms with van der Waals surface area (Å²) in [7, 11) is 0. The highest BCUT2D eigenvalue weighted by Crippen LogP contribution is 2.20. The van der Waals surface area contributed by atoms with E-state index in [9.17, 15) is 9.59 Å². The third kappa shape index (κ3) is 4.50. The molecule has 1 heterocycles. The van der Waals surface area contributed by atoms with E-state index >= 15 is 0 Å². The van der Waals surface area contributed by atoms with E-state index in [0.29, 0.717) is 17.0 Å². The van der Waals surface area contributed by atoms with Crippen LogP contribution in [0.2, 0.25) is 0 Å². The Hall–Kier alpha value is -3.75. The standard InChI is InChI=1S/C19H18N6O3/c26-18(11-28-17-8-6-16(7-9-17)25-12-20-23-24-25)21-15-3-1-2-13(10-15)19(27)22-14-4-5-14/h1-3,6-10,12,14H,4-5,11H2,(H,21,26)(H,22,27). The van der Waals surface area contributed by atoms with Gasteiger partial charge in [-0.2, -0.15) is 0 Å². The van der Waals surface area contributed by atoms with Crippen LogP contribution in [0, 0.1) is 0 Å². The topological polar surface area (TPSA) is 111 Å².